The molecule has 0 aromatic heterocycles. The Hall–Kier alpha value is -2.89. The van der Waals surface area contributed by atoms with Crippen LogP contribution in [-0.2, 0) is 28.6 Å². The third kappa shape index (κ3) is 44.2. The first-order valence-corrected chi connectivity index (χ1v) is 24.3. The molecule has 0 aromatic carbocycles. The number of allylic oxidation sites excluding steroid dienone is 10. The van der Waals surface area contributed by atoms with Crippen LogP contribution in [0.25, 0.3) is 0 Å². The molecule has 0 spiro atoms. The molecule has 0 aliphatic rings. The maximum Gasteiger partial charge on any atom is 0.306 e. The fourth-order valence-corrected chi connectivity index (χ4v) is 6.60. The van der Waals surface area contributed by atoms with Crippen molar-refractivity contribution in [3.8, 4) is 0 Å². The van der Waals surface area contributed by atoms with Crippen molar-refractivity contribution in [1.82, 2.24) is 0 Å². The summed E-state index contributed by atoms with van der Waals surface area (Å²) in [6, 6.07) is 0. The summed E-state index contributed by atoms with van der Waals surface area (Å²) in [5.41, 5.74) is 0. The number of hydrogen-bond acceptors (Lipinski definition) is 6. The molecule has 0 fully saturated rings. The van der Waals surface area contributed by atoms with E-state index in [1.165, 1.54) is 96.3 Å². The second-order valence-electron chi connectivity index (χ2n) is 16.0. The van der Waals surface area contributed by atoms with Crippen LogP contribution in [0.5, 0.6) is 0 Å². The van der Waals surface area contributed by atoms with Gasteiger partial charge in [-0.1, -0.05) is 191 Å². The molecule has 0 heterocycles. The second-order valence-corrected chi connectivity index (χ2v) is 16.0. The van der Waals surface area contributed by atoms with Crippen LogP contribution in [0.3, 0.4) is 0 Å². The molecule has 1 unspecified atom stereocenters. The highest BCUT2D eigenvalue weighted by atomic mass is 16.6. The van der Waals surface area contributed by atoms with Crippen molar-refractivity contribution in [3.05, 3.63) is 60.8 Å². The van der Waals surface area contributed by atoms with Gasteiger partial charge in [0.1, 0.15) is 13.2 Å². The third-order valence-electron chi connectivity index (χ3n) is 10.3. The molecule has 0 aromatic rings. The fraction of sp³-hybridized carbons (Fsp3) is 0.750. The van der Waals surface area contributed by atoms with E-state index >= 15 is 0 Å². The first-order chi connectivity index (χ1) is 28.5. The Kier molecular flexibility index (Phi) is 44.5. The predicted molar refractivity (Wildman–Crippen MR) is 247 cm³/mol. The molecule has 6 nitrogen and oxygen atoms in total. The summed E-state index contributed by atoms with van der Waals surface area (Å²) in [6.45, 7) is 6.46. The van der Waals surface area contributed by atoms with Gasteiger partial charge in [0.2, 0.25) is 0 Å². The van der Waals surface area contributed by atoms with E-state index in [0.717, 1.165) is 96.3 Å². The molecule has 1 atom stereocenters. The van der Waals surface area contributed by atoms with Gasteiger partial charge in [-0.25, -0.2) is 0 Å². The van der Waals surface area contributed by atoms with Crippen molar-refractivity contribution in [3.63, 3.8) is 0 Å². The van der Waals surface area contributed by atoms with Gasteiger partial charge in [0.15, 0.2) is 6.10 Å². The minimum absolute atomic E-state index is 0.0893. The normalized spacial score (nSPS) is 12.5. The quantitative estimate of drug-likeness (QED) is 0.0264. The minimum atomic E-state index is -0.791. The molecule has 58 heavy (non-hydrogen) atoms. The van der Waals surface area contributed by atoms with E-state index in [2.05, 4.69) is 81.5 Å². The summed E-state index contributed by atoms with van der Waals surface area (Å²) < 4.78 is 16.7. The Labute approximate surface area is 358 Å². The van der Waals surface area contributed by atoms with Crippen LogP contribution in [-0.4, -0.2) is 37.2 Å². The maximum atomic E-state index is 12.7. The molecule has 6 heteroatoms. The largest absolute Gasteiger partial charge is 0.462 e. The van der Waals surface area contributed by atoms with Gasteiger partial charge in [0.25, 0.3) is 0 Å². The zero-order valence-corrected chi connectivity index (χ0v) is 38.0. The monoisotopic (exact) mass is 811 g/mol. The summed E-state index contributed by atoms with van der Waals surface area (Å²) in [6.07, 6.45) is 56.3. The number of carbonyl (C=O) groups is 3. The van der Waals surface area contributed by atoms with E-state index in [-0.39, 0.29) is 31.1 Å². The van der Waals surface area contributed by atoms with E-state index < -0.39 is 6.10 Å². The Morgan fingerprint density at radius 1 is 0.362 bits per heavy atom. The first kappa shape index (κ1) is 55.1. The van der Waals surface area contributed by atoms with Gasteiger partial charge in [0.05, 0.1) is 0 Å². The Bertz CT molecular complexity index is 1070. The molecule has 0 saturated heterocycles. The number of esters is 3. The van der Waals surface area contributed by atoms with Gasteiger partial charge in [-0.3, -0.25) is 14.4 Å². The van der Waals surface area contributed by atoms with Gasteiger partial charge in [-0.05, 0) is 83.5 Å². The molecule has 0 aliphatic carbocycles. The van der Waals surface area contributed by atoms with Gasteiger partial charge in [0, 0.05) is 19.3 Å². The van der Waals surface area contributed by atoms with E-state index in [1.54, 1.807) is 0 Å². The van der Waals surface area contributed by atoms with E-state index in [4.69, 9.17) is 14.2 Å². The summed E-state index contributed by atoms with van der Waals surface area (Å²) in [4.78, 5) is 37.8. The zero-order valence-electron chi connectivity index (χ0n) is 38.0. The van der Waals surface area contributed by atoms with E-state index in [1.807, 2.05) is 0 Å². The van der Waals surface area contributed by atoms with Crippen LogP contribution in [0.4, 0.5) is 0 Å². The fourth-order valence-electron chi connectivity index (χ4n) is 6.60. The third-order valence-corrected chi connectivity index (χ3v) is 10.3. The van der Waals surface area contributed by atoms with Gasteiger partial charge in [-0.15, -0.1) is 0 Å². The molecule has 0 aliphatic heterocycles. The molecule has 0 saturated carbocycles. The molecular weight excluding hydrogens is 721 g/mol. The summed E-state index contributed by atoms with van der Waals surface area (Å²) in [5, 5.41) is 0. The number of carbonyl (C=O) groups excluding carboxylic acids is 3. The number of unbranched alkanes of at least 4 members (excludes halogenated alkanes) is 22. The van der Waals surface area contributed by atoms with Crippen LogP contribution < -0.4 is 0 Å². The molecule has 0 bridgehead atoms. The highest BCUT2D eigenvalue weighted by Gasteiger charge is 2.19. The number of ether oxygens (including phenoxy) is 3. The Morgan fingerprint density at radius 3 is 1.10 bits per heavy atom. The molecule has 0 radical (unpaired) electrons. The van der Waals surface area contributed by atoms with E-state index in [9.17, 15) is 14.4 Å². The summed E-state index contributed by atoms with van der Waals surface area (Å²) >= 11 is 0. The van der Waals surface area contributed by atoms with Gasteiger partial charge in [-0.2, -0.15) is 0 Å². The Balaban J connectivity index is 4.45. The standard InChI is InChI=1S/C52H90O6/c1-4-7-10-13-16-19-22-24-26-28-30-33-36-39-42-45-51(54)57-48-49(47-56-50(53)44-41-38-35-32-29-21-18-15-12-9-6-3)58-52(55)46-43-40-37-34-31-27-25-23-20-17-14-11-8-5-2/h7,10,16,19,23-26,30,33,49H,4-6,8-9,11-15,17-18,20-22,27-29,31-32,34-48H2,1-3H3/b10-7-,19-16-,25-23-,26-24-,33-30-. The van der Waals surface area contributed by atoms with Crippen molar-refractivity contribution in [1.29, 1.82) is 0 Å². The molecule has 334 valence electrons. The first-order valence-electron chi connectivity index (χ1n) is 24.3. The smallest absolute Gasteiger partial charge is 0.306 e. The average Bonchev–Trinajstić information content (AvgIpc) is 3.22. The van der Waals surface area contributed by atoms with Crippen molar-refractivity contribution >= 4 is 17.9 Å². The lowest BCUT2D eigenvalue weighted by atomic mass is 10.1. The summed E-state index contributed by atoms with van der Waals surface area (Å²) in [5.74, 6) is -0.941. The minimum Gasteiger partial charge on any atom is -0.462 e. The highest BCUT2D eigenvalue weighted by molar-refractivity contribution is 5.71. The van der Waals surface area contributed by atoms with Crippen LogP contribution in [0, 0.1) is 0 Å². The number of hydrogen-bond donors (Lipinski definition) is 0. The lowest BCUT2D eigenvalue weighted by molar-refractivity contribution is -0.167. The average molecular weight is 811 g/mol. The van der Waals surface area contributed by atoms with Crippen LogP contribution in [0.1, 0.15) is 233 Å². The Morgan fingerprint density at radius 2 is 0.672 bits per heavy atom. The zero-order chi connectivity index (χ0) is 42.3. The molecule has 0 rings (SSSR count). The lowest BCUT2D eigenvalue weighted by Crippen LogP contribution is -2.30. The van der Waals surface area contributed by atoms with E-state index in [0.29, 0.717) is 19.3 Å². The predicted octanol–water partition coefficient (Wildman–Crippen LogP) is 15.7. The molecule has 0 N–H and O–H groups in total. The molecule has 0 amide bonds. The maximum absolute atomic E-state index is 12.7. The van der Waals surface area contributed by atoms with Crippen molar-refractivity contribution < 1.29 is 28.6 Å². The molecular formula is C52H90O6. The van der Waals surface area contributed by atoms with Crippen molar-refractivity contribution in [2.24, 2.45) is 0 Å². The van der Waals surface area contributed by atoms with Crippen molar-refractivity contribution in [2.75, 3.05) is 13.2 Å². The summed E-state index contributed by atoms with van der Waals surface area (Å²) in [7, 11) is 0. The van der Waals surface area contributed by atoms with Crippen LogP contribution in [0.2, 0.25) is 0 Å². The highest BCUT2D eigenvalue weighted by Crippen LogP contribution is 2.14. The van der Waals surface area contributed by atoms with Gasteiger partial charge < -0.3 is 14.2 Å². The van der Waals surface area contributed by atoms with Gasteiger partial charge >= 0.3 is 17.9 Å². The topological polar surface area (TPSA) is 78.9 Å². The van der Waals surface area contributed by atoms with Crippen molar-refractivity contribution in [2.45, 2.75) is 239 Å². The number of rotatable bonds is 43. The van der Waals surface area contributed by atoms with Crippen LogP contribution >= 0.6 is 0 Å². The second kappa shape index (κ2) is 46.8. The SMILES string of the molecule is CC/C=C\C/C=C\C/C=C\C/C=C\CCCCC(=O)OCC(COC(=O)CCCCCCCCCCCCC)OC(=O)CCCCCCC/C=C\CCCCCCC. The lowest BCUT2D eigenvalue weighted by Gasteiger charge is -2.18. The van der Waals surface area contributed by atoms with Crippen LogP contribution in [0.15, 0.2) is 60.8 Å².